The summed E-state index contributed by atoms with van der Waals surface area (Å²) in [4.78, 5) is 35.8. The Labute approximate surface area is 198 Å². The smallest absolute Gasteiger partial charge is 0.309 e. The average Bonchev–Trinajstić information content (AvgIpc) is 2.80. The van der Waals surface area contributed by atoms with Crippen molar-refractivity contribution in [3.63, 3.8) is 0 Å². The number of nitrogens with zero attached hydrogens (tertiary/aromatic N) is 4. The van der Waals surface area contributed by atoms with E-state index in [-0.39, 0.29) is 23.9 Å². The molecule has 0 aromatic carbocycles. The molecule has 2 aliphatic heterocycles. The maximum absolute atomic E-state index is 12.4. The Hall–Kier alpha value is -1.71. The van der Waals surface area contributed by atoms with Gasteiger partial charge in [0.2, 0.25) is 6.41 Å². The molecule has 0 aromatic rings. The third-order valence-electron chi connectivity index (χ3n) is 7.15. The van der Waals surface area contributed by atoms with Crippen LogP contribution in [-0.4, -0.2) is 96.4 Å². The monoisotopic (exact) mass is 466 g/mol. The van der Waals surface area contributed by atoms with Crippen LogP contribution in [0, 0.1) is 11.8 Å². The first-order valence-corrected chi connectivity index (χ1v) is 12.5. The SMILES string of the molecule is COC(=O)CC1CCC(N(C=O)N2CCN(N3CCC(C(=O)OC(C)(C)C)CC3)CC2)CC1. The highest BCUT2D eigenvalue weighted by Gasteiger charge is 2.34. The highest BCUT2D eigenvalue weighted by molar-refractivity contribution is 5.73. The number of hydrogen-bond acceptors (Lipinski definition) is 8. The van der Waals surface area contributed by atoms with Crippen LogP contribution in [0.25, 0.3) is 0 Å². The van der Waals surface area contributed by atoms with E-state index in [2.05, 4.69) is 15.0 Å². The molecule has 0 bridgehead atoms. The van der Waals surface area contributed by atoms with Gasteiger partial charge in [-0.15, -0.1) is 0 Å². The van der Waals surface area contributed by atoms with E-state index in [0.29, 0.717) is 12.3 Å². The number of carbonyl (C=O) groups is 3. The molecular formula is C24H42N4O5. The van der Waals surface area contributed by atoms with Gasteiger partial charge in [-0.3, -0.25) is 19.4 Å². The topological polar surface area (TPSA) is 82.6 Å². The van der Waals surface area contributed by atoms with Crippen molar-refractivity contribution >= 4 is 18.3 Å². The predicted octanol–water partition coefficient (Wildman–Crippen LogP) is 2.07. The van der Waals surface area contributed by atoms with Crippen LogP contribution >= 0.6 is 0 Å². The van der Waals surface area contributed by atoms with E-state index in [1.807, 2.05) is 25.8 Å². The molecule has 0 unspecified atom stereocenters. The molecule has 1 amide bonds. The molecule has 9 nitrogen and oxygen atoms in total. The number of carbonyl (C=O) groups excluding carboxylic acids is 3. The molecule has 3 aliphatic rings. The molecule has 3 rings (SSSR count). The van der Waals surface area contributed by atoms with Gasteiger partial charge in [0.25, 0.3) is 0 Å². The first-order valence-electron chi connectivity index (χ1n) is 12.5. The molecular weight excluding hydrogens is 424 g/mol. The second-order valence-electron chi connectivity index (χ2n) is 10.6. The number of piperazine rings is 1. The van der Waals surface area contributed by atoms with Crippen LogP contribution in [0.2, 0.25) is 0 Å². The largest absolute Gasteiger partial charge is 0.469 e. The number of hydrazine groups is 2. The third-order valence-corrected chi connectivity index (χ3v) is 7.15. The van der Waals surface area contributed by atoms with Crippen molar-refractivity contribution < 1.29 is 23.9 Å². The summed E-state index contributed by atoms with van der Waals surface area (Å²) in [6.45, 7) is 10.8. The van der Waals surface area contributed by atoms with Gasteiger partial charge >= 0.3 is 11.9 Å². The number of ether oxygens (including phenoxy) is 2. The molecule has 1 saturated carbocycles. The first-order chi connectivity index (χ1) is 15.7. The zero-order chi connectivity index (χ0) is 24.0. The van der Waals surface area contributed by atoms with Gasteiger partial charge in [-0.25, -0.2) is 15.0 Å². The van der Waals surface area contributed by atoms with Crippen molar-refractivity contribution in [3.05, 3.63) is 0 Å². The minimum atomic E-state index is -0.435. The second-order valence-corrected chi connectivity index (χ2v) is 10.6. The van der Waals surface area contributed by atoms with Crippen LogP contribution in [0.1, 0.15) is 65.7 Å². The summed E-state index contributed by atoms with van der Waals surface area (Å²) in [7, 11) is 1.44. The Morgan fingerprint density at radius 1 is 0.909 bits per heavy atom. The predicted molar refractivity (Wildman–Crippen MR) is 124 cm³/mol. The van der Waals surface area contributed by atoms with E-state index in [9.17, 15) is 14.4 Å². The van der Waals surface area contributed by atoms with Crippen LogP contribution in [-0.2, 0) is 23.9 Å². The van der Waals surface area contributed by atoms with Crippen LogP contribution in [0.5, 0.6) is 0 Å². The summed E-state index contributed by atoms with van der Waals surface area (Å²) in [6.07, 6.45) is 6.88. The highest BCUT2D eigenvalue weighted by atomic mass is 16.6. The van der Waals surface area contributed by atoms with E-state index in [1.165, 1.54) is 7.11 Å². The summed E-state index contributed by atoms with van der Waals surface area (Å²) in [6, 6.07) is 0.215. The molecule has 188 valence electrons. The molecule has 9 heteroatoms. The van der Waals surface area contributed by atoms with Crippen LogP contribution < -0.4 is 0 Å². The lowest BCUT2D eigenvalue weighted by molar-refractivity contribution is -0.168. The highest BCUT2D eigenvalue weighted by Crippen LogP contribution is 2.31. The van der Waals surface area contributed by atoms with Gasteiger partial charge in [-0.2, -0.15) is 0 Å². The Balaban J connectivity index is 1.41. The summed E-state index contributed by atoms with van der Waals surface area (Å²) in [5.41, 5.74) is -0.435. The number of rotatable bonds is 7. The van der Waals surface area contributed by atoms with Gasteiger partial charge in [-0.1, -0.05) is 0 Å². The quantitative estimate of drug-likeness (QED) is 0.417. The van der Waals surface area contributed by atoms with E-state index in [0.717, 1.165) is 84.2 Å². The Morgan fingerprint density at radius 3 is 2.00 bits per heavy atom. The molecule has 0 aromatic heterocycles. The summed E-state index contributed by atoms with van der Waals surface area (Å²) in [5, 5.41) is 8.82. The van der Waals surface area contributed by atoms with Crippen molar-refractivity contribution in [2.24, 2.45) is 11.8 Å². The number of hydrogen-bond donors (Lipinski definition) is 0. The molecule has 33 heavy (non-hydrogen) atoms. The average molecular weight is 467 g/mol. The lowest BCUT2D eigenvalue weighted by atomic mass is 9.84. The maximum Gasteiger partial charge on any atom is 0.309 e. The van der Waals surface area contributed by atoms with Crippen LogP contribution in [0.15, 0.2) is 0 Å². The summed E-state index contributed by atoms with van der Waals surface area (Å²) in [5.74, 6) is 0.135. The van der Waals surface area contributed by atoms with Crippen LogP contribution in [0.3, 0.4) is 0 Å². The molecule has 2 heterocycles. The fourth-order valence-electron chi connectivity index (χ4n) is 5.28. The fourth-order valence-corrected chi connectivity index (χ4v) is 5.28. The van der Waals surface area contributed by atoms with Crippen molar-refractivity contribution in [2.45, 2.75) is 77.4 Å². The number of methoxy groups -OCH3 is 1. The van der Waals surface area contributed by atoms with Gasteiger partial charge in [0.1, 0.15) is 5.60 Å². The Morgan fingerprint density at radius 2 is 1.48 bits per heavy atom. The van der Waals surface area contributed by atoms with Gasteiger partial charge in [0, 0.05) is 51.7 Å². The summed E-state index contributed by atoms with van der Waals surface area (Å²) < 4.78 is 10.4. The van der Waals surface area contributed by atoms with E-state index in [1.54, 1.807) is 0 Å². The third kappa shape index (κ3) is 7.39. The number of esters is 2. The van der Waals surface area contributed by atoms with Gasteiger partial charge in [-0.05, 0) is 65.2 Å². The minimum Gasteiger partial charge on any atom is -0.469 e. The zero-order valence-electron chi connectivity index (χ0n) is 20.8. The standard InChI is InChI=1S/C24H42N4O5/c1-24(2,3)33-23(31)20-9-11-25(12-10-20)26-13-15-27(16-14-26)28(18-29)21-7-5-19(6-8-21)17-22(30)32-4/h18-21H,5-17H2,1-4H3. The molecule has 0 N–H and O–H groups in total. The maximum atomic E-state index is 12.4. The molecule has 3 fully saturated rings. The van der Waals surface area contributed by atoms with Crippen molar-refractivity contribution in [2.75, 3.05) is 46.4 Å². The van der Waals surface area contributed by atoms with Gasteiger partial charge in [0.15, 0.2) is 0 Å². The molecule has 1 aliphatic carbocycles. The van der Waals surface area contributed by atoms with Gasteiger partial charge < -0.3 is 9.47 Å². The van der Waals surface area contributed by atoms with E-state index >= 15 is 0 Å². The Bertz CT molecular complexity index is 658. The minimum absolute atomic E-state index is 0.0124. The zero-order valence-corrected chi connectivity index (χ0v) is 20.8. The van der Waals surface area contributed by atoms with Crippen molar-refractivity contribution in [3.8, 4) is 0 Å². The number of amides is 1. The lowest BCUT2D eigenvalue weighted by Crippen LogP contribution is -2.60. The lowest BCUT2D eigenvalue weighted by Gasteiger charge is -2.47. The van der Waals surface area contributed by atoms with Gasteiger partial charge in [0.05, 0.1) is 13.0 Å². The second kappa shape index (κ2) is 11.6. The first kappa shape index (κ1) is 25.9. The van der Waals surface area contributed by atoms with Crippen molar-refractivity contribution in [1.82, 2.24) is 20.0 Å². The normalized spacial score (nSPS) is 26.5. The molecule has 0 atom stereocenters. The molecule has 0 spiro atoms. The Kier molecular flexibility index (Phi) is 9.12. The molecule has 0 radical (unpaired) electrons. The number of piperidine rings is 1. The molecule has 2 saturated heterocycles. The van der Waals surface area contributed by atoms with Crippen LogP contribution in [0.4, 0.5) is 0 Å². The van der Waals surface area contributed by atoms with E-state index in [4.69, 9.17) is 9.47 Å². The fraction of sp³-hybridized carbons (Fsp3) is 0.875. The van der Waals surface area contributed by atoms with E-state index < -0.39 is 5.60 Å². The summed E-state index contributed by atoms with van der Waals surface area (Å²) >= 11 is 0. The van der Waals surface area contributed by atoms with Crippen molar-refractivity contribution in [1.29, 1.82) is 0 Å².